The highest BCUT2D eigenvalue weighted by molar-refractivity contribution is 5.08. The molecule has 0 spiro atoms. The molecule has 0 rings (SSSR count). The fourth-order valence-electron chi connectivity index (χ4n) is 1.23. The first-order valence-corrected chi connectivity index (χ1v) is 5.31. The summed E-state index contributed by atoms with van der Waals surface area (Å²) in [7, 11) is 0. The van der Waals surface area contributed by atoms with Crippen LogP contribution in [0.1, 0.15) is 12.8 Å². The number of hydrogen-bond acceptors (Lipinski definition) is 0. The van der Waals surface area contributed by atoms with Gasteiger partial charge in [0.2, 0.25) is 0 Å². The van der Waals surface area contributed by atoms with E-state index >= 15 is 0 Å². The summed E-state index contributed by atoms with van der Waals surface area (Å²) < 4.78 is 150. The summed E-state index contributed by atoms with van der Waals surface area (Å²) in [6.45, 7) is 2.88. The summed E-state index contributed by atoms with van der Waals surface area (Å²) in [4.78, 5) is 0. The predicted molar refractivity (Wildman–Crippen MR) is 50.2 cm³/mol. The van der Waals surface area contributed by atoms with Crippen molar-refractivity contribution in [1.29, 1.82) is 0 Å². The predicted octanol–water partition coefficient (Wildman–Crippen LogP) is 5.39. The lowest BCUT2D eigenvalue weighted by Crippen LogP contribution is -2.68. The Kier molecular flexibility index (Phi) is 5.54. The molecule has 132 valence electrons. The molecule has 1 unspecified atom stereocenters. The van der Waals surface area contributed by atoms with Crippen molar-refractivity contribution < 1.29 is 52.7 Å². The zero-order valence-corrected chi connectivity index (χ0v) is 10.3. The van der Waals surface area contributed by atoms with Crippen molar-refractivity contribution in [1.82, 2.24) is 0 Å². The second-order valence-electron chi connectivity index (χ2n) is 4.18. The van der Waals surface area contributed by atoms with Crippen LogP contribution in [0.15, 0.2) is 12.7 Å². The lowest BCUT2D eigenvalue weighted by atomic mass is 9.93. The Hall–Kier alpha value is -1.10. The van der Waals surface area contributed by atoms with E-state index in [1.165, 1.54) is 0 Å². The Morgan fingerprint density at radius 3 is 1.45 bits per heavy atom. The molecule has 0 bridgehead atoms. The number of halogens is 12. The van der Waals surface area contributed by atoms with Crippen LogP contribution in [0, 0.1) is 0 Å². The average Bonchev–Trinajstić information content (AvgIpc) is 2.33. The summed E-state index contributed by atoms with van der Waals surface area (Å²) in [5, 5.41) is 0. The van der Waals surface area contributed by atoms with Crippen molar-refractivity contribution in [3.8, 4) is 0 Å². The Labute approximate surface area is 115 Å². The zero-order chi connectivity index (χ0) is 18.2. The molecule has 0 amide bonds. The van der Waals surface area contributed by atoms with Gasteiger partial charge in [-0.3, -0.25) is 0 Å². The van der Waals surface area contributed by atoms with E-state index in [2.05, 4.69) is 6.58 Å². The van der Waals surface area contributed by atoms with Gasteiger partial charge in [0, 0.05) is 0 Å². The SMILES string of the molecule is C=CCCC(F)C(F)(F)C(F)(F)C(F)(F)C(F)(F)C(F)(F)F. The van der Waals surface area contributed by atoms with Crippen molar-refractivity contribution in [2.75, 3.05) is 0 Å². The van der Waals surface area contributed by atoms with Crippen molar-refractivity contribution in [2.45, 2.75) is 48.9 Å². The van der Waals surface area contributed by atoms with Gasteiger partial charge in [0.1, 0.15) is 0 Å². The molecule has 0 aliphatic rings. The van der Waals surface area contributed by atoms with E-state index in [-0.39, 0.29) is 0 Å². The maximum Gasteiger partial charge on any atom is 0.460 e. The molecule has 22 heavy (non-hydrogen) atoms. The second-order valence-corrected chi connectivity index (χ2v) is 4.18. The summed E-state index contributed by atoms with van der Waals surface area (Å²) >= 11 is 0. The molecule has 0 aromatic heterocycles. The monoisotopic (exact) mass is 356 g/mol. The molecule has 0 fully saturated rings. The second kappa shape index (κ2) is 5.84. The minimum absolute atomic E-state index is 0.725. The fourth-order valence-corrected chi connectivity index (χ4v) is 1.23. The molecule has 0 nitrogen and oxygen atoms in total. The van der Waals surface area contributed by atoms with Crippen LogP contribution >= 0.6 is 0 Å². The van der Waals surface area contributed by atoms with Gasteiger partial charge in [-0.15, -0.1) is 6.58 Å². The quantitative estimate of drug-likeness (QED) is 0.424. The number of hydrogen-bond donors (Lipinski definition) is 0. The van der Waals surface area contributed by atoms with Crippen LogP contribution in [0.4, 0.5) is 52.7 Å². The van der Waals surface area contributed by atoms with Gasteiger partial charge in [0.25, 0.3) is 0 Å². The molecule has 0 aliphatic heterocycles. The van der Waals surface area contributed by atoms with Crippen molar-refractivity contribution in [3.05, 3.63) is 12.7 Å². The Morgan fingerprint density at radius 2 is 1.14 bits per heavy atom. The number of allylic oxidation sites excluding steroid dienone is 1. The lowest BCUT2D eigenvalue weighted by molar-refractivity contribution is -0.426. The largest absolute Gasteiger partial charge is 0.460 e. The van der Waals surface area contributed by atoms with Crippen molar-refractivity contribution in [3.63, 3.8) is 0 Å². The van der Waals surface area contributed by atoms with Crippen LogP contribution in [-0.4, -0.2) is 36.0 Å². The van der Waals surface area contributed by atoms with Crippen LogP contribution in [0.3, 0.4) is 0 Å². The van der Waals surface area contributed by atoms with Gasteiger partial charge in [-0.1, -0.05) is 6.08 Å². The van der Waals surface area contributed by atoms with Gasteiger partial charge in [0.15, 0.2) is 6.17 Å². The molecule has 0 heterocycles. The van der Waals surface area contributed by atoms with Crippen molar-refractivity contribution in [2.24, 2.45) is 0 Å². The normalized spacial score (nSPS) is 16.5. The topological polar surface area (TPSA) is 0 Å². The van der Waals surface area contributed by atoms with Gasteiger partial charge in [-0.2, -0.15) is 48.3 Å². The molecular weight excluding hydrogens is 348 g/mol. The number of alkyl halides is 12. The van der Waals surface area contributed by atoms with E-state index in [9.17, 15) is 52.7 Å². The summed E-state index contributed by atoms with van der Waals surface area (Å²) in [5.74, 6) is -28.8. The van der Waals surface area contributed by atoms with E-state index in [0.717, 1.165) is 6.08 Å². The van der Waals surface area contributed by atoms with Gasteiger partial charge in [0.05, 0.1) is 0 Å². The summed E-state index contributed by atoms with van der Waals surface area (Å²) in [5.41, 5.74) is 0. The van der Waals surface area contributed by atoms with E-state index in [1.54, 1.807) is 0 Å². The molecule has 0 saturated heterocycles. The van der Waals surface area contributed by atoms with Crippen LogP contribution in [0.5, 0.6) is 0 Å². The number of rotatable bonds is 7. The molecule has 1 atom stereocenters. The van der Waals surface area contributed by atoms with Gasteiger partial charge in [-0.05, 0) is 12.8 Å². The molecule has 0 aliphatic carbocycles. The smallest absolute Gasteiger partial charge is 0.241 e. The minimum atomic E-state index is -7.57. The third kappa shape index (κ3) is 3.00. The van der Waals surface area contributed by atoms with Crippen LogP contribution in [-0.2, 0) is 0 Å². The standard InChI is InChI=1S/C10H8F12/c1-2-3-4-5(11)6(12,13)7(14,15)8(16,17)9(18,19)10(20,21)22/h2,5H,1,3-4H2. The van der Waals surface area contributed by atoms with Gasteiger partial charge in [-0.25, -0.2) is 4.39 Å². The van der Waals surface area contributed by atoms with E-state index < -0.39 is 48.9 Å². The maximum absolute atomic E-state index is 13.0. The minimum Gasteiger partial charge on any atom is -0.241 e. The maximum atomic E-state index is 13.0. The molecular formula is C10H8F12. The van der Waals surface area contributed by atoms with Crippen LogP contribution < -0.4 is 0 Å². The Morgan fingerprint density at radius 1 is 0.727 bits per heavy atom. The first-order chi connectivity index (χ1) is 9.48. The van der Waals surface area contributed by atoms with Crippen LogP contribution in [0.25, 0.3) is 0 Å². The Bertz CT molecular complexity index is 393. The molecule has 0 aromatic carbocycles. The van der Waals surface area contributed by atoms with Crippen LogP contribution in [0.2, 0.25) is 0 Å². The van der Waals surface area contributed by atoms with E-state index in [4.69, 9.17) is 0 Å². The average molecular weight is 356 g/mol. The van der Waals surface area contributed by atoms with Gasteiger partial charge < -0.3 is 0 Å². The highest BCUT2D eigenvalue weighted by atomic mass is 19.4. The zero-order valence-electron chi connectivity index (χ0n) is 10.3. The van der Waals surface area contributed by atoms with E-state index in [0.29, 0.717) is 0 Å². The summed E-state index contributed by atoms with van der Waals surface area (Å²) in [6, 6.07) is 0. The first-order valence-electron chi connectivity index (χ1n) is 5.31. The molecule has 0 N–H and O–H groups in total. The first kappa shape index (κ1) is 20.9. The Balaban J connectivity index is 5.83. The lowest BCUT2D eigenvalue weighted by Gasteiger charge is -2.38. The molecule has 0 saturated carbocycles. The highest BCUT2D eigenvalue weighted by Crippen LogP contribution is 2.58. The molecule has 12 heteroatoms. The van der Waals surface area contributed by atoms with E-state index in [1.807, 2.05) is 0 Å². The third-order valence-electron chi connectivity index (χ3n) is 2.58. The summed E-state index contributed by atoms with van der Waals surface area (Å²) in [6.07, 6.45) is -12.9. The fraction of sp³-hybridized carbons (Fsp3) is 0.800. The highest BCUT2D eigenvalue weighted by Gasteiger charge is 2.88. The van der Waals surface area contributed by atoms with Gasteiger partial charge >= 0.3 is 29.9 Å². The molecule has 0 aromatic rings. The van der Waals surface area contributed by atoms with Crippen molar-refractivity contribution >= 4 is 0 Å². The molecule has 0 radical (unpaired) electrons. The third-order valence-corrected chi connectivity index (χ3v) is 2.58.